The van der Waals surface area contributed by atoms with Gasteiger partial charge in [0.15, 0.2) is 0 Å². The summed E-state index contributed by atoms with van der Waals surface area (Å²) in [7, 11) is -3.98. The van der Waals surface area contributed by atoms with Crippen LogP contribution in [0.4, 0.5) is 13.2 Å². The molecule has 5 nitrogen and oxygen atoms in total. The maximum Gasteiger partial charge on any atom is 0.573 e. The highest BCUT2D eigenvalue weighted by Crippen LogP contribution is 2.32. The number of benzene rings is 2. The van der Waals surface area contributed by atoms with Gasteiger partial charge in [-0.05, 0) is 17.7 Å². The molecule has 2 aromatic carbocycles. The number of ether oxygens (including phenoxy) is 1. The average molecular weight is 386 g/mol. The number of halogens is 3. The maximum absolute atomic E-state index is 12.8. The topological polar surface area (TPSA) is 72.6 Å². The highest BCUT2D eigenvalue weighted by molar-refractivity contribution is 7.89. The van der Waals surface area contributed by atoms with Gasteiger partial charge in [-0.2, -0.15) is 4.31 Å². The lowest BCUT2D eigenvalue weighted by atomic mass is 9.95. The molecule has 0 aromatic heterocycles. The first-order valence-electron chi connectivity index (χ1n) is 7.83. The zero-order chi connectivity index (χ0) is 18.9. The number of sulfonamides is 1. The fourth-order valence-corrected chi connectivity index (χ4v) is 4.56. The van der Waals surface area contributed by atoms with E-state index in [0.717, 1.165) is 17.7 Å². The van der Waals surface area contributed by atoms with Crippen molar-refractivity contribution in [2.24, 2.45) is 5.73 Å². The van der Waals surface area contributed by atoms with Gasteiger partial charge in [-0.3, -0.25) is 0 Å². The van der Waals surface area contributed by atoms with Crippen molar-refractivity contribution in [3.8, 4) is 5.75 Å². The van der Waals surface area contributed by atoms with E-state index < -0.39 is 28.2 Å². The molecular weight excluding hydrogens is 369 g/mol. The molecule has 26 heavy (non-hydrogen) atoms. The Kier molecular flexibility index (Phi) is 4.96. The Hall–Kier alpha value is -2.10. The zero-order valence-electron chi connectivity index (χ0n) is 13.6. The highest BCUT2D eigenvalue weighted by atomic mass is 32.2. The lowest BCUT2D eigenvalue weighted by Crippen LogP contribution is -2.32. The van der Waals surface area contributed by atoms with Crippen LogP contribution in [0.5, 0.6) is 5.75 Å². The lowest BCUT2D eigenvalue weighted by Gasteiger charge is -2.17. The zero-order valence-corrected chi connectivity index (χ0v) is 14.4. The first kappa shape index (κ1) is 18.7. The van der Waals surface area contributed by atoms with Crippen LogP contribution in [0.1, 0.15) is 11.5 Å². The molecule has 3 rings (SSSR count). The van der Waals surface area contributed by atoms with Crippen LogP contribution in [-0.2, 0) is 10.0 Å². The normalized spacial score (nSPS) is 21.7. The molecular formula is C17H17F3N2O3S. The second-order valence-corrected chi connectivity index (χ2v) is 7.96. The molecule has 0 saturated carbocycles. The molecule has 9 heteroatoms. The molecule has 2 atom stereocenters. The number of rotatable bonds is 4. The molecule has 0 unspecified atom stereocenters. The Morgan fingerprint density at radius 1 is 1.04 bits per heavy atom. The first-order chi connectivity index (χ1) is 12.2. The van der Waals surface area contributed by atoms with Gasteiger partial charge < -0.3 is 10.5 Å². The third kappa shape index (κ3) is 4.00. The fourth-order valence-electron chi connectivity index (χ4n) is 3.02. The Morgan fingerprint density at radius 2 is 1.73 bits per heavy atom. The molecule has 0 amide bonds. The molecule has 0 aliphatic carbocycles. The fraction of sp³-hybridized carbons (Fsp3) is 0.294. The summed E-state index contributed by atoms with van der Waals surface area (Å²) in [6, 6.07) is 13.2. The summed E-state index contributed by atoms with van der Waals surface area (Å²) in [6.07, 6.45) is -4.89. The van der Waals surface area contributed by atoms with Crippen molar-refractivity contribution in [3.63, 3.8) is 0 Å². The summed E-state index contributed by atoms with van der Waals surface area (Å²) in [5, 5.41) is 0. The van der Waals surface area contributed by atoms with Crippen LogP contribution in [0.3, 0.4) is 0 Å². The first-order valence-corrected chi connectivity index (χ1v) is 9.27. The maximum atomic E-state index is 12.8. The van der Waals surface area contributed by atoms with Gasteiger partial charge in [0.2, 0.25) is 10.0 Å². The Balaban J connectivity index is 1.84. The Labute approximate surface area is 149 Å². The smallest absolute Gasteiger partial charge is 0.406 e. The van der Waals surface area contributed by atoms with E-state index in [1.54, 1.807) is 0 Å². The van der Waals surface area contributed by atoms with Crippen molar-refractivity contribution in [1.29, 1.82) is 0 Å². The molecule has 2 N–H and O–H groups in total. The monoisotopic (exact) mass is 386 g/mol. The van der Waals surface area contributed by atoms with E-state index in [-0.39, 0.29) is 23.9 Å². The van der Waals surface area contributed by atoms with Gasteiger partial charge in [0.05, 0.1) is 4.90 Å². The minimum absolute atomic E-state index is 0.0895. The van der Waals surface area contributed by atoms with E-state index in [0.29, 0.717) is 0 Å². The van der Waals surface area contributed by atoms with Crippen LogP contribution in [0.25, 0.3) is 0 Å². The Morgan fingerprint density at radius 3 is 2.38 bits per heavy atom. The molecule has 1 aliphatic rings. The van der Waals surface area contributed by atoms with Crippen molar-refractivity contribution in [2.45, 2.75) is 23.2 Å². The van der Waals surface area contributed by atoms with Crippen molar-refractivity contribution < 1.29 is 26.3 Å². The van der Waals surface area contributed by atoms with Gasteiger partial charge in [0, 0.05) is 31.1 Å². The minimum atomic E-state index is -4.89. The second-order valence-electron chi connectivity index (χ2n) is 6.03. The number of nitrogens with zero attached hydrogens (tertiary/aromatic N) is 1. The predicted octanol–water partition coefficient (Wildman–Crippen LogP) is 2.70. The van der Waals surface area contributed by atoms with E-state index in [9.17, 15) is 21.6 Å². The largest absolute Gasteiger partial charge is 0.573 e. The number of nitrogens with two attached hydrogens (primary N) is 1. The highest BCUT2D eigenvalue weighted by Gasteiger charge is 2.38. The molecule has 1 fully saturated rings. The van der Waals surface area contributed by atoms with E-state index in [1.165, 1.54) is 16.4 Å². The summed E-state index contributed by atoms with van der Waals surface area (Å²) in [6.45, 7) is 0.254. The number of alkyl halides is 3. The van der Waals surface area contributed by atoms with Gasteiger partial charge in [-0.25, -0.2) is 8.42 Å². The summed E-state index contributed by atoms with van der Waals surface area (Å²) >= 11 is 0. The molecule has 1 saturated heterocycles. The third-order valence-corrected chi connectivity index (χ3v) is 6.06. The standard InChI is InChI=1S/C17H17F3N2O3S/c18-17(19,20)25-13-7-4-8-14(9-13)26(23,24)22-10-15(16(21)11-22)12-5-2-1-3-6-12/h1-9,15-16H,10-11,21H2/t15-,16+/m0/s1. The van der Waals surface area contributed by atoms with Gasteiger partial charge in [-0.15, -0.1) is 13.2 Å². The van der Waals surface area contributed by atoms with Crippen molar-refractivity contribution >= 4 is 10.0 Å². The van der Waals surface area contributed by atoms with E-state index in [2.05, 4.69) is 4.74 Å². The molecule has 0 spiro atoms. The average Bonchev–Trinajstić information content (AvgIpc) is 2.97. The molecule has 2 aromatic rings. The van der Waals surface area contributed by atoms with Crippen molar-refractivity contribution in [1.82, 2.24) is 4.31 Å². The molecule has 0 radical (unpaired) electrons. The minimum Gasteiger partial charge on any atom is -0.406 e. The van der Waals surface area contributed by atoms with E-state index in [1.807, 2.05) is 30.3 Å². The Bertz CT molecular complexity index is 872. The molecule has 1 aliphatic heterocycles. The second kappa shape index (κ2) is 6.90. The molecule has 140 valence electrons. The van der Waals surface area contributed by atoms with Crippen molar-refractivity contribution in [3.05, 3.63) is 60.2 Å². The van der Waals surface area contributed by atoms with E-state index >= 15 is 0 Å². The SMILES string of the molecule is N[C@@H]1CN(S(=O)(=O)c2cccc(OC(F)(F)F)c2)C[C@H]1c1ccccc1. The van der Waals surface area contributed by atoms with Gasteiger partial charge in [-0.1, -0.05) is 36.4 Å². The van der Waals surface area contributed by atoms with Crippen LogP contribution in [0, 0.1) is 0 Å². The lowest BCUT2D eigenvalue weighted by molar-refractivity contribution is -0.274. The van der Waals surface area contributed by atoms with Crippen molar-refractivity contribution in [2.75, 3.05) is 13.1 Å². The number of hydrogen-bond donors (Lipinski definition) is 1. The summed E-state index contributed by atoms with van der Waals surface area (Å²) in [4.78, 5) is -0.264. The van der Waals surface area contributed by atoms with Gasteiger partial charge in [0.25, 0.3) is 0 Å². The predicted molar refractivity (Wildman–Crippen MR) is 89.0 cm³/mol. The summed E-state index contributed by atoms with van der Waals surface area (Å²) in [5.41, 5.74) is 7.03. The molecule has 0 bridgehead atoms. The summed E-state index contributed by atoms with van der Waals surface area (Å²) in [5.74, 6) is -0.762. The van der Waals surface area contributed by atoms with Gasteiger partial charge >= 0.3 is 6.36 Å². The van der Waals surface area contributed by atoms with Crippen LogP contribution in [-0.4, -0.2) is 38.2 Å². The van der Waals surface area contributed by atoms with Crippen LogP contribution in [0.15, 0.2) is 59.5 Å². The van der Waals surface area contributed by atoms with Crippen LogP contribution in [0.2, 0.25) is 0 Å². The van der Waals surface area contributed by atoms with Crippen LogP contribution >= 0.6 is 0 Å². The van der Waals surface area contributed by atoms with Gasteiger partial charge in [0.1, 0.15) is 5.75 Å². The van der Waals surface area contributed by atoms with E-state index in [4.69, 9.17) is 5.73 Å². The molecule has 1 heterocycles. The quantitative estimate of drug-likeness (QED) is 0.877. The summed E-state index contributed by atoms with van der Waals surface area (Å²) < 4.78 is 67.7. The number of hydrogen-bond acceptors (Lipinski definition) is 4. The third-order valence-electron chi connectivity index (χ3n) is 4.24. The van der Waals surface area contributed by atoms with Crippen LogP contribution < -0.4 is 10.5 Å².